The highest BCUT2D eigenvalue weighted by molar-refractivity contribution is 7.14. The minimum Gasteiger partial charge on any atom is -0.336 e. The van der Waals surface area contributed by atoms with Crippen LogP contribution in [0.1, 0.15) is 32.1 Å². The molecule has 0 atom stereocenters. The molecule has 0 bridgehead atoms. The van der Waals surface area contributed by atoms with Crippen LogP contribution in [-0.4, -0.2) is 30.4 Å². The van der Waals surface area contributed by atoms with Crippen molar-refractivity contribution in [1.82, 2.24) is 4.90 Å². The van der Waals surface area contributed by atoms with Crippen molar-refractivity contribution in [2.24, 2.45) is 5.73 Å². The largest absolute Gasteiger partial charge is 0.336 e. The van der Waals surface area contributed by atoms with Crippen LogP contribution in [-0.2, 0) is 19.3 Å². The Morgan fingerprint density at radius 2 is 1.96 bits per heavy atom. The van der Waals surface area contributed by atoms with Crippen LogP contribution in [0.2, 0.25) is 0 Å². The van der Waals surface area contributed by atoms with Gasteiger partial charge in [-0.2, -0.15) is 0 Å². The number of nitrogens with zero attached hydrogens (tertiary/aromatic N) is 1. The molecule has 3 nitrogen and oxygen atoms in total. The summed E-state index contributed by atoms with van der Waals surface area (Å²) in [4.78, 5) is 16.9. The lowest BCUT2D eigenvalue weighted by molar-refractivity contribution is 0.0767. The Bertz CT molecular complexity index is 620. The zero-order valence-electron chi connectivity index (χ0n) is 13.2. The number of thiophene rings is 1. The van der Waals surface area contributed by atoms with Crippen molar-refractivity contribution >= 4 is 29.7 Å². The third kappa shape index (κ3) is 4.34. The number of amides is 1. The van der Waals surface area contributed by atoms with Crippen molar-refractivity contribution in [2.45, 2.75) is 25.7 Å². The van der Waals surface area contributed by atoms with Crippen LogP contribution in [0, 0.1) is 0 Å². The van der Waals surface area contributed by atoms with Crippen LogP contribution >= 0.6 is 23.7 Å². The Morgan fingerprint density at radius 3 is 2.65 bits per heavy atom. The maximum absolute atomic E-state index is 12.7. The van der Waals surface area contributed by atoms with E-state index in [0.717, 1.165) is 30.7 Å². The van der Waals surface area contributed by atoms with E-state index in [1.54, 1.807) is 11.3 Å². The number of aryl methyl sites for hydroxylation is 2. The number of rotatable bonds is 6. The fourth-order valence-electron chi connectivity index (χ4n) is 2.97. The first-order chi connectivity index (χ1) is 10.8. The normalized spacial score (nSPS) is 12.6. The second-order valence-corrected chi connectivity index (χ2v) is 6.87. The summed E-state index contributed by atoms with van der Waals surface area (Å²) >= 11 is 1.67. The van der Waals surface area contributed by atoms with Crippen LogP contribution in [0.15, 0.2) is 36.4 Å². The van der Waals surface area contributed by atoms with E-state index in [1.165, 1.54) is 22.4 Å². The highest BCUT2D eigenvalue weighted by Crippen LogP contribution is 2.31. The molecule has 1 aliphatic rings. The smallest absolute Gasteiger partial charge is 0.263 e. The minimum atomic E-state index is 0. The molecule has 3 rings (SSSR count). The topological polar surface area (TPSA) is 46.3 Å². The number of carbonyl (C=O) groups excluding carboxylic acids is 1. The Labute approximate surface area is 147 Å². The highest BCUT2D eigenvalue weighted by atomic mass is 35.5. The summed E-state index contributed by atoms with van der Waals surface area (Å²) in [6.07, 6.45) is 4.36. The Kier molecular flexibility index (Phi) is 6.63. The molecule has 2 N–H and O–H groups in total. The molecule has 0 saturated heterocycles. The van der Waals surface area contributed by atoms with Crippen molar-refractivity contribution in [3.8, 4) is 0 Å². The van der Waals surface area contributed by atoms with Gasteiger partial charge in [0.05, 0.1) is 4.88 Å². The molecule has 23 heavy (non-hydrogen) atoms. The summed E-state index contributed by atoms with van der Waals surface area (Å²) in [5.41, 5.74) is 8.33. The SMILES string of the molecule is Cl.NCCN(CCc1ccccc1)C(=O)c1cc2c(s1)CCC2. The fourth-order valence-corrected chi connectivity index (χ4v) is 4.19. The van der Waals surface area contributed by atoms with E-state index in [9.17, 15) is 4.79 Å². The number of carbonyl (C=O) groups is 1. The van der Waals surface area contributed by atoms with Gasteiger partial charge in [-0.25, -0.2) is 0 Å². The number of halogens is 1. The van der Waals surface area contributed by atoms with Gasteiger partial charge in [-0.3, -0.25) is 4.79 Å². The molecule has 1 amide bonds. The maximum atomic E-state index is 12.7. The van der Waals surface area contributed by atoms with Gasteiger partial charge in [0.1, 0.15) is 0 Å². The summed E-state index contributed by atoms with van der Waals surface area (Å²) in [7, 11) is 0. The molecule has 0 saturated carbocycles. The molecule has 1 aromatic heterocycles. The molecule has 1 aliphatic carbocycles. The van der Waals surface area contributed by atoms with E-state index < -0.39 is 0 Å². The van der Waals surface area contributed by atoms with E-state index in [0.29, 0.717) is 13.1 Å². The molecule has 0 fully saturated rings. The molecule has 2 aromatic rings. The highest BCUT2D eigenvalue weighted by Gasteiger charge is 2.21. The molecular weight excluding hydrogens is 328 g/mol. The van der Waals surface area contributed by atoms with Crippen molar-refractivity contribution in [1.29, 1.82) is 0 Å². The third-order valence-electron chi connectivity index (χ3n) is 4.16. The Morgan fingerprint density at radius 1 is 1.17 bits per heavy atom. The first-order valence-corrected chi connectivity index (χ1v) is 8.74. The van der Waals surface area contributed by atoms with Gasteiger partial charge in [0.15, 0.2) is 0 Å². The summed E-state index contributed by atoms with van der Waals surface area (Å²) in [6.45, 7) is 1.85. The molecule has 124 valence electrons. The standard InChI is InChI=1S/C18H22N2OS.ClH/c19-10-12-20(11-9-14-5-2-1-3-6-14)18(21)17-13-15-7-4-8-16(15)22-17;/h1-3,5-6,13H,4,7-12,19H2;1H. The molecule has 0 unspecified atom stereocenters. The van der Waals surface area contributed by atoms with E-state index in [1.807, 2.05) is 23.1 Å². The summed E-state index contributed by atoms with van der Waals surface area (Å²) < 4.78 is 0. The second-order valence-electron chi connectivity index (χ2n) is 5.73. The monoisotopic (exact) mass is 350 g/mol. The van der Waals surface area contributed by atoms with Crippen LogP contribution in [0.25, 0.3) is 0 Å². The van der Waals surface area contributed by atoms with Crippen LogP contribution in [0.4, 0.5) is 0 Å². The number of fused-ring (bicyclic) bond motifs is 1. The number of hydrogen-bond donors (Lipinski definition) is 1. The first-order valence-electron chi connectivity index (χ1n) is 7.93. The number of nitrogens with two attached hydrogens (primary N) is 1. The van der Waals surface area contributed by atoms with Gasteiger partial charge in [-0.05, 0) is 42.9 Å². The zero-order chi connectivity index (χ0) is 15.4. The number of hydrogen-bond acceptors (Lipinski definition) is 3. The second kappa shape index (κ2) is 8.48. The summed E-state index contributed by atoms with van der Waals surface area (Å²) in [6, 6.07) is 12.4. The van der Waals surface area contributed by atoms with Gasteiger partial charge in [0.2, 0.25) is 0 Å². The lowest BCUT2D eigenvalue weighted by atomic mass is 10.1. The summed E-state index contributed by atoms with van der Waals surface area (Å²) in [5.74, 6) is 0.140. The molecular formula is C18H23ClN2OS. The lowest BCUT2D eigenvalue weighted by Crippen LogP contribution is -2.36. The molecule has 1 aromatic carbocycles. The molecule has 5 heteroatoms. The van der Waals surface area contributed by atoms with Gasteiger partial charge in [-0.1, -0.05) is 30.3 Å². The molecule has 1 heterocycles. The third-order valence-corrected chi connectivity index (χ3v) is 5.38. The van der Waals surface area contributed by atoms with Crippen molar-refractivity contribution in [3.05, 3.63) is 57.3 Å². The number of benzene rings is 1. The zero-order valence-corrected chi connectivity index (χ0v) is 14.8. The maximum Gasteiger partial charge on any atom is 0.263 e. The van der Waals surface area contributed by atoms with Crippen LogP contribution in [0.3, 0.4) is 0 Å². The van der Waals surface area contributed by atoms with Crippen molar-refractivity contribution < 1.29 is 4.79 Å². The van der Waals surface area contributed by atoms with E-state index in [4.69, 9.17) is 5.73 Å². The quantitative estimate of drug-likeness (QED) is 0.868. The lowest BCUT2D eigenvalue weighted by Gasteiger charge is -2.21. The van der Waals surface area contributed by atoms with E-state index in [2.05, 4.69) is 18.2 Å². The Hall–Kier alpha value is -1.36. The predicted octanol–water partition coefficient (Wildman–Crippen LogP) is 3.30. The minimum absolute atomic E-state index is 0. The van der Waals surface area contributed by atoms with Gasteiger partial charge in [-0.15, -0.1) is 23.7 Å². The molecule has 0 spiro atoms. The van der Waals surface area contributed by atoms with Gasteiger partial charge < -0.3 is 10.6 Å². The fraction of sp³-hybridized carbons (Fsp3) is 0.389. The average Bonchev–Trinajstić information content (AvgIpc) is 3.13. The van der Waals surface area contributed by atoms with Crippen LogP contribution < -0.4 is 5.73 Å². The average molecular weight is 351 g/mol. The van der Waals surface area contributed by atoms with Crippen LogP contribution in [0.5, 0.6) is 0 Å². The van der Waals surface area contributed by atoms with Gasteiger partial charge in [0.25, 0.3) is 5.91 Å². The summed E-state index contributed by atoms with van der Waals surface area (Å²) in [5, 5.41) is 0. The van der Waals surface area contributed by atoms with Crippen molar-refractivity contribution in [3.63, 3.8) is 0 Å². The van der Waals surface area contributed by atoms with E-state index >= 15 is 0 Å². The predicted molar refractivity (Wildman–Crippen MR) is 98.7 cm³/mol. The van der Waals surface area contributed by atoms with Gasteiger partial charge >= 0.3 is 0 Å². The van der Waals surface area contributed by atoms with Crippen molar-refractivity contribution in [2.75, 3.05) is 19.6 Å². The molecule has 0 aliphatic heterocycles. The molecule has 0 radical (unpaired) electrons. The Balaban J connectivity index is 0.00000192. The van der Waals surface area contributed by atoms with Gasteiger partial charge in [0, 0.05) is 24.5 Å². The van der Waals surface area contributed by atoms with E-state index in [-0.39, 0.29) is 18.3 Å². The first kappa shape index (κ1) is 18.0.